The number of hydrogen-bond acceptors (Lipinski definition) is 6. The highest BCUT2D eigenvalue weighted by molar-refractivity contribution is 7.93. The normalized spacial score (nSPS) is 23.6. The molecule has 3 fully saturated rings. The van der Waals surface area contributed by atoms with E-state index in [9.17, 15) is 17.6 Å². The van der Waals surface area contributed by atoms with Gasteiger partial charge in [0.25, 0.3) is 5.91 Å². The van der Waals surface area contributed by atoms with Gasteiger partial charge in [0.05, 0.1) is 23.5 Å². The minimum absolute atomic E-state index is 0.0988. The molecular formula is C22H24ClFN4O3S. The topological polar surface area (TPSA) is 92.3 Å². The Balaban J connectivity index is 1.52. The molecule has 1 aliphatic carbocycles. The number of carbonyl (C=O) groups is 1. The molecule has 2 aliphatic heterocycles. The molecule has 0 radical (unpaired) electrons. The van der Waals surface area contributed by atoms with Crippen molar-refractivity contribution < 1.29 is 17.6 Å². The number of rotatable bonds is 6. The van der Waals surface area contributed by atoms with Gasteiger partial charge in [-0.15, -0.1) is 0 Å². The average Bonchev–Trinajstić information content (AvgIpc) is 2.73. The van der Waals surface area contributed by atoms with E-state index in [1.165, 1.54) is 24.5 Å². The molecule has 1 aromatic heterocycles. The first-order valence-electron chi connectivity index (χ1n) is 10.3. The van der Waals surface area contributed by atoms with Crippen molar-refractivity contribution in [3.63, 3.8) is 0 Å². The Hall–Kier alpha value is -2.52. The highest BCUT2D eigenvalue weighted by Crippen LogP contribution is 2.52. The van der Waals surface area contributed by atoms with Crippen molar-refractivity contribution in [1.82, 2.24) is 15.3 Å². The maximum absolute atomic E-state index is 14.1. The minimum atomic E-state index is -3.27. The molecule has 7 nitrogen and oxygen atoms in total. The third-order valence-electron chi connectivity index (χ3n) is 5.95. The molecule has 1 N–H and O–H groups in total. The van der Waals surface area contributed by atoms with Gasteiger partial charge in [-0.1, -0.05) is 29.8 Å². The van der Waals surface area contributed by atoms with Gasteiger partial charge in [-0.25, -0.2) is 22.8 Å². The van der Waals surface area contributed by atoms with Crippen molar-refractivity contribution in [2.45, 2.75) is 31.8 Å². The van der Waals surface area contributed by atoms with Gasteiger partial charge in [0.15, 0.2) is 9.84 Å². The van der Waals surface area contributed by atoms with Crippen LogP contribution in [0.1, 0.15) is 41.9 Å². The molecule has 5 rings (SSSR count). The van der Waals surface area contributed by atoms with Gasteiger partial charge in [-0.05, 0) is 43.2 Å². The van der Waals surface area contributed by atoms with Crippen LogP contribution >= 0.6 is 11.6 Å². The minimum Gasteiger partial charge on any atom is -0.348 e. The lowest BCUT2D eigenvalue weighted by molar-refractivity contribution is 0.0941. The van der Waals surface area contributed by atoms with Crippen molar-refractivity contribution in [2.24, 2.45) is 11.8 Å². The molecule has 1 aromatic carbocycles. The van der Waals surface area contributed by atoms with Crippen LogP contribution in [0.4, 0.5) is 10.2 Å². The number of nitrogens with zero attached hydrogens (tertiary/aromatic N) is 3. The van der Waals surface area contributed by atoms with E-state index in [1.807, 2.05) is 6.07 Å². The van der Waals surface area contributed by atoms with Gasteiger partial charge in [0.2, 0.25) is 0 Å². The first kappa shape index (κ1) is 22.7. The quantitative estimate of drug-likeness (QED) is 0.682. The number of benzene rings is 1. The standard InChI is InChI=1S/C22H24ClFN4O3S/c1-13(6-7-32(2,30)31)27-22(29)18-10-26-19(11-25-18)28-12-14-8-15(9-14)21(28)16-4-3-5-17(24)20(16)23/h3-7,10-11,13-15,21H,8-9,12H2,1-2H3,(H,27,29)/b7-6+/t13-,14?,15?,21?/m1/s1. The Kier molecular flexibility index (Phi) is 6.22. The Morgan fingerprint density at radius 2 is 2.06 bits per heavy atom. The van der Waals surface area contributed by atoms with Crippen molar-refractivity contribution >= 4 is 33.2 Å². The van der Waals surface area contributed by atoms with Crippen molar-refractivity contribution in [3.8, 4) is 0 Å². The second-order valence-corrected chi connectivity index (χ2v) is 10.8. The van der Waals surface area contributed by atoms with Crippen molar-refractivity contribution in [2.75, 3.05) is 17.7 Å². The number of piperidine rings is 2. The van der Waals surface area contributed by atoms with E-state index in [2.05, 4.69) is 20.2 Å². The SMILES string of the molecule is C[C@H](/C=C/S(C)(=O)=O)NC(=O)c1cnc(N2CC3CC(C3)C2c2cccc(F)c2Cl)cn1. The monoisotopic (exact) mass is 478 g/mol. The van der Waals surface area contributed by atoms with E-state index in [0.29, 0.717) is 17.7 Å². The third kappa shape index (κ3) is 4.78. The number of nitrogens with one attached hydrogen (secondary N) is 1. The summed E-state index contributed by atoms with van der Waals surface area (Å²) in [7, 11) is -3.27. The highest BCUT2D eigenvalue weighted by Gasteiger charge is 2.46. The fraction of sp³-hybridized carbons (Fsp3) is 0.409. The summed E-state index contributed by atoms with van der Waals surface area (Å²) in [5.41, 5.74) is 0.862. The van der Waals surface area contributed by atoms with E-state index >= 15 is 0 Å². The number of anilines is 1. The summed E-state index contributed by atoms with van der Waals surface area (Å²) in [6.45, 7) is 2.43. The maximum Gasteiger partial charge on any atom is 0.271 e. The van der Waals surface area contributed by atoms with Crippen LogP contribution in [-0.2, 0) is 9.84 Å². The molecular weight excluding hydrogens is 455 g/mol. The smallest absolute Gasteiger partial charge is 0.271 e. The zero-order valence-electron chi connectivity index (χ0n) is 17.7. The number of carbonyl (C=O) groups excluding carboxylic acids is 1. The van der Waals surface area contributed by atoms with Crippen LogP contribution in [0.3, 0.4) is 0 Å². The number of halogens is 2. The van der Waals surface area contributed by atoms with Gasteiger partial charge in [-0.2, -0.15) is 0 Å². The molecule has 2 aromatic rings. The van der Waals surface area contributed by atoms with Crippen molar-refractivity contribution in [3.05, 3.63) is 64.2 Å². The summed E-state index contributed by atoms with van der Waals surface area (Å²) in [4.78, 5) is 23.2. The predicted octanol–water partition coefficient (Wildman–Crippen LogP) is 3.53. The van der Waals surface area contributed by atoms with E-state index in [4.69, 9.17) is 11.6 Å². The molecule has 1 amide bonds. The Morgan fingerprint density at radius 1 is 1.31 bits per heavy atom. The first-order chi connectivity index (χ1) is 15.1. The molecule has 0 spiro atoms. The number of sulfone groups is 1. The summed E-state index contributed by atoms with van der Waals surface area (Å²) in [5, 5.41) is 3.84. The van der Waals surface area contributed by atoms with E-state index < -0.39 is 27.6 Å². The third-order valence-corrected chi connectivity index (χ3v) is 7.00. The Labute approximate surface area is 191 Å². The van der Waals surface area contributed by atoms with Crippen LogP contribution < -0.4 is 10.2 Å². The largest absolute Gasteiger partial charge is 0.348 e. The highest BCUT2D eigenvalue weighted by atomic mass is 35.5. The van der Waals surface area contributed by atoms with E-state index in [1.54, 1.807) is 13.0 Å². The lowest BCUT2D eigenvalue weighted by Crippen LogP contribution is -2.51. The van der Waals surface area contributed by atoms with Crippen LogP contribution in [0.2, 0.25) is 5.02 Å². The number of amides is 1. The molecule has 1 saturated carbocycles. The molecule has 10 heteroatoms. The summed E-state index contributed by atoms with van der Waals surface area (Å²) in [6, 6.07) is 4.27. The maximum atomic E-state index is 14.1. The second-order valence-electron chi connectivity index (χ2n) is 8.52. The second kappa shape index (κ2) is 8.78. The number of hydrogen-bond donors (Lipinski definition) is 1. The summed E-state index contributed by atoms with van der Waals surface area (Å²) in [6.07, 6.45) is 7.54. The van der Waals surface area contributed by atoms with Gasteiger partial charge in [0, 0.05) is 24.3 Å². The molecule has 1 unspecified atom stereocenters. The Bertz CT molecular complexity index is 1150. The Morgan fingerprint density at radius 3 is 2.72 bits per heavy atom. The lowest BCUT2D eigenvalue weighted by atomic mass is 9.65. The van der Waals surface area contributed by atoms with Crippen LogP contribution in [0.25, 0.3) is 0 Å². The molecule has 2 bridgehead atoms. The number of fused-ring (bicyclic) bond motifs is 2. The van der Waals surface area contributed by atoms with Crippen LogP contribution in [-0.4, -0.2) is 43.1 Å². The number of aromatic nitrogens is 2. The zero-order chi connectivity index (χ0) is 23.0. The summed E-state index contributed by atoms with van der Waals surface area (Å²) < 4.78 is 36.5. The van der Waals surface area contributed by atoms with Crippen LogP contribution in [0, 0.1) is 17.7 Å². The van der Waals surface area contributed by atoms with Crippen LogP contribution in [0.15, 0.2) is 42.1 Å². The molecule has 2 saturated heterocycles. The molecule has 2 atom stereocenters. The van der Waals surface area contributed by atoms with Gasteiger partial charge in [0.1, 0.15) is 17.3 Å². The summed E-state index contributed by atoms with van der Waals surface area (Å²) >= 11 is 6.30. The average molecular weight is 479 g/mol. The molecule has 170 valence electrons. The van der Waals surface area contributed by atoms with E-state index in [0.717, 1.165) is 36.6 Å². The zero-order valence-corrected chi connectivity index (χ0v) is 19.3. The fourth-order valence-corrected chi connectivity index (χ4v) is 5.18. The van der Waals surface area contributed by atoms with Gasteiger partial charge in [-0.3, -0.25) is 4.79 Å². The fourth-order valence-electron chi connectivity index (χ4n) is 4.42. The van der Waals surface area contributed by atoms with E-state index in [-0.39, 0.29) is 16.8 Å². The molecule has 3 heterocycles. The van der Waals surface area contributed by atoms with Gasteiger partial charge >= 0.3 is 0 Å². The molecule has 3 aliphatic rings. The van der Waals surface area contributed by atoms with Gasteiger partial charge < -0.3 is 10.2 Å². The molecule has 32 heavy (non-hydrogen) atoms. The van der Waals surface area contributed by atoms with Crippen molar-refractivity contribution in [1.29, 1.82) is 0 Å². The first-order valence-corrected chi connectivity index (χ1v) is 12.7. The van der Waals surface area contributed by atoms with Crippen LogP contribution in [0.5, 0.6) is 0 Å². The predicted molar refractivity (Wildman–Crippen MR) is 121 cm³/mol. The lowest BCUT2D eigenvalue weighted by Gasteiger charge is -2.53. The summed E-state index contributed by atoms with van der Waals surface area (Å²) in [5.74, 6) is 0.617.